The van der Waals surface area contributed by atoms with Crippen LogP contribution in [0.5, 0.6) is 0 Å². The largest absolute Gasteiger partial charge is 0.381 e. The third-order valence-corrected chi connectivity index (χ3v) is 2.88. The van der Waals surface area contributed by atoms with Crippen molar-refractivity contribution in [1.29, 1.82) is 0 Å². The lowest BCUT2D eigenvalue weighted by atomic mass is 9.89. The molecule has 2 atom stereocenters. The van der Waals surface area contributed by atoms with Crippen LogP contribution in [0.15, 0.2) is 24.3 Å². The molecule has 0 aromatic heterocycles. The molecule has 1 aromatic carbocycles. The van der Waals surface area contributed by atoms with E-state index in [9.17, 15) is 0 Å². The van der Waals surface area contributed by atoms with Gasteiger partial charge in [0.25, 0.3) is 0 Å². The summed E-state index contributed by atoms with van der Waals surface area (Å²) in [5.41, 5.74) is 8.69. The molecule has 1 fully saturated rings. The molecule has 0 bridgehead atoms. The maximum atomic E-state index is 6.08. The van der Waals surface area contributed by atoms with Crippen molar-refractivity contribution in [3.63, 3.8) is 0 Å². The second-order valence-corrected chi connectivity index (χ2v) is 4.05. The molecule has 2 nitrogen and oxygen atoms in total. The molecule has 0 amide bonds. The van der Waals surface area contributed by atoms with Crippen LogP contribution < -0.4 is 5.73 Å². The second-order valence-electron chi connectivity index (χ2n) is 4.05. The zero-order valence-electron chi connectivity index (χ0n) is 8.57. The van der Waals surface area contributed by atoms with Crippen molar-refractivity contribution in [1.82, 2.24) is 0 Å². The molecular formula is C12H17NO. The number of nitrogens with two attached hydrogens (primary N) is 1. The highest BCUT2D eigenvalue weighted by Gasteiger charge is 2.23. The van der Waals surface area contributed by atoms with E-state index in [0.717, 1.165) is 19.6 Å². The molecule has 0 aliphatic carbocycles. The molecule has 14 heavy (non-hydrogen) atoms. The van der Waals surface area contributed by atoms with E-state index in [1.165, 1.54) is 11.1 Å². The van der Waals surface area contributed by atoms with Gasteiger partial charge in [-0.1, -0.05) is 29.8 Å². The van der Waals surface area contributed by atoms with Gasteiger partial charge in [0.05, 0.1) is 6.61 Å². The lowest BCUT2D eigenvalue weighted by Crippen LogP contribution is -2.36. The summed E-state index contributed by atoms with van der Waals surface area (Å²) in [6.07, 6.45) is 0.971. The number of hydrogen-bond acceptors (Lipinski definition) is 2. The first kappa shape index (κ1) is 9.69. The van der Waals surface area contributed by atoms with E-state index in [4.69, 9.17) is 10.5 Å². The van der Waals surface area contributed by atoms with Crippen LogP contribution in [-0.2, 0) is 4.74 Å². The first-order valence-electron chi connectivity index (χ1n) is 5.17. The van der Waals surface area contributed by atoms with Crippen molar-refractivity contribution < 1.29 is 4.74 Å². The van der Waals surface area contributed by atoms with Crippen LogP contribution in [0.3, 0.4) is 0 Å². The highest BCUT2D eigenvalue weighted by Crippen LogP contribution is 2.24. The van der Waals surface area contributed by atoms with Gasteiger partial charge >= 0.3 is 0 Å². The number of hydrogen-bond donors (Lipinski definition) is 1. The van der Waals surface area contributed by atoms with Gasteiger partial charge in [0.2, 0.25) is 0 Å². The predicted molar refractivity (Wildman–Crippen MR) is 57.3 cm³/mol. The topological polar surface area (TPSA) is 35.2 Å². The maximum absolute atomic E-state index is 6.08. The normalized spacial score (nSPS) is 27.6. The Morgan fingerprint density at radius 1 is 1.43 bits per heavy atom. The van der Waals surface area contributed by atoms with Crippen molar-refractivity contribution in [3.8, 4) is 0 Å². The first-order valence-corrected chi connectivity index (χ1v) is 5.17. The van der Waals surface area contributed by atoms with Crippen LogP contribution in [0.1, 0.15) is 23.5 Å². The van der Waals surface area contributed by atoms with Crippen LogP contribution >= 0.6 is 0 Å². The molecule has 1 aromatic rings. The van der Waals surface area contributed by atoms with E-state index in [-0.39, 0.29) is 6.04 Å². The Labute approximate surface area is 85.1 Å². The Balaban J connectivity index is 2.20. The molecule has 0 spiro atoms. The van der Waals surface area contributed by atoms with Gasteiger partial charge in [0.1, 0.15) is 0 Å². The van der Waals surface area contributed by atoms with E-state index >= 15 is 0 Å². The summed E-state index contributed by atoms with van der Waals surface area (Å²) in [6, 6.07) is 8.81. The second kappa shape index (κ2) is 4.11. The fraction of sp³-hybridized carbons (Fsp3) is 0.500. The summed E-state index contributed by atoms with van der Waals surface area (Å²) in [5, 5.41) is 0. The molecule has 2 N–H and O–H groups in total. The third-order valence-electron chi connectivity index (χ3n) is 2.88. The molecule has 1 heterocycles. The molecule has 0 saturated carbocycles. The number of ether oxygens (including phenoxy) is 1. The lowest BCUT2D eigenvalue weighted by Gasteiger charge is -2.29. The van der Waals surface area contributed by atoms with E-state index in [1.54, 1.807) is 0 Å². The minimum atomic E-state index is 0.255. The third kappa shape index (κ3) is 1.97. The van der Waals surface area contributed by atoms with E-state index in [0.29, 0.717) is 5.92 Å². The average molecular weight is 191 g/mol. The SMILES string of the molecule is Cc1cccc(C2COCCC2N)c1. The summed E-state index contributed by atoms with van der Waals surface area (Å²) < 4.78 is 5.47. The Hall–Kier alpha value is -0.860. The Morgan fingerprint density at radius 2 is 2.29 bits per heavy atom. The lowest BCUT2D eigenvalue weighted by molar-refractivity contribution is 0.0691. The quantitative estimate of drug-likeness (QED) is 0.735. The highest BCUT2D eigenvalue weighted by molar-refractivity contribution is 5.27. The van der Waals surface area contributed by atoms with E-state index in [2.05, 4.69) is 31.2 Å². The Kier molecular flexibility index (Phi) is 2.85. The maximum Gasteiger partial charge on any atom is 0.0549 e. The fourth-order valence-electron chi connectivity index (χ4n) is 2.00. The molecule has 2 rings (SSSR count). The van der Waals surface area contributed by atoms with Crippen LogP contribution in [-0.4, -0.2) is 19.3 Å². The smallest absolute Gasteiger partial charge is 0.0549 e. The first-order chi connectivity index (χ1) is 6.77. The molecule has 0 radical (unpaired) electrons. The zero-order valence-corrected chi connectivity index (χ0v) is 8.57. The average Bonchev–Trinajstić information content (AvgIpc) is 2.18. The summed E-state index contributed by atoms with van der Waals surface area (Å²) in [4.78, 5) is 0. The van der Waals surface area contributed by atoms with Gasteiger partial charge in [-0.25, -0.2) is 0 Å². The molecule has 2 unspecified atom stereocenters. The Morgan fingerprint density at radius 3 is 3.00 bits per heavy atom. The molecule has 76 valence electrons. The van der Waals surface area contributed by atoms with Crippen molar-refractivity contribution in [3.05, 3.63) is 35.4 Å². The molecular weight excluding hydrogens is 174 g/mol. The summed E-state index contributed by atoms with van der Waals surface area (Å²) in [5.74, 6) is 0.378. The van der Waals surface area contributed by atoms with E-state index < -0.39 is 0 Å². The van der Waals surface area contributed by atoms with Gasteiger partial charge in [0, 0.05) is 18.6 Å². The molecule has 1 aliphatic rings. The van der Waals surface area contributed by atoms with Gasteiger partial charge in [0.15, 0.2) is 0 Å². The van der Waals surface area contributed by atoms with Gasteiger partial charge in [-0.3, -0.25) is 0 Å². The zero-order chi connectivity index (χ0) is 9.97. The van der Waals surface area contributed by atoms with Crippen molar-refractivity contribution in [2.75, 3.05) is 13.2 Å². The minimum Gasteiger partial charge on any atom is -0.381 e. The monoisotopic (exact) mass is 191 g/mol. The minimum absolute atomic E-state index is 0.255. The van der Waals surface area contributed by atoms with Gasteiger partial charge in [-0.05, 0) is 18.9 Å². The van der Waals surface area contributed by atoms with Gasteiger partial charge < -0.3 is 10.5 Å². The van der Waals surface area contributed by atoms with Crippen molar-refractivity contribution >= 4 is 0 Å². The number of benzene rings is 1. The molecule has 2 heteroatoms. The van der Waals surface area contributed by atoms with Crippen LogP contribution in [0, 0.1) is 6.92 Å². The summed E-state index contributed by atoms with van der Waals surface area (Å²) >= 11 is 0. The highest BCUT2D eigenvalue weighted by atomic mass is 16.5. The van der Waals surface area contributed by atoms with Crippen LogP contribution in [0.25, 0.3) is 0 Å². The number of rotatable bonds is 1. The summed E-state index contributed by atoms with van der Waals surface area (Å²) in [7, 11) is 0. The fourth-order valence-corrected chi connectivity index (χ4v) is 2.00. The summed E-state index contributed by atoms with van der Waals surface area (Å²) in [6.45, 7) is 3.69. The van der Waals surface area contributed by atoms with Gasteiger partial charge in [-0.2, -0.15) is 0 Å². The Bertz CT molecular complexity index is 311. The van der Waals surface area contributed by atoms with Crippen LogP contribution in [0.4, 0.5) is 0 Å². The van der Waals surface area contributed by atoms with Gasteiger partial charge in [-0.15, -0.1) is 0 Å². The standard InChI is InChI=1S/C12H17NO/c1-9-3-2-4-10(7-9)11-8-14-6-5-12(11)13/h2-4,7,11-12H,5-6,8,13H2,1H3. The van der Waals surface area contributed by atoms with Crippen molar-refractivity contribution in [2.45, 2.75) is 25.3 Å². The predicted octanol–water partition coefficient (Wildman–Crippen LogP) is 1.83. The van der Waals surface area contributed by atoms with E-state index in [1.807, 2.05) is 0 Å². The molecule has 1 saturated heterocycles. The molecule has 1 aliphatic heterocycles. The number of aryl methyl sites for hydroxylation is 1. The van der Waals surface area contributed by atoms with Crippen LogP contribution in [0.2, 0.25) is 0 Å². The van der Waals surface area contributed by atoms with Crippen molar-refractivity contribution in [2.24, 2.45) is 5.73 Å².